The number of Topliss-reactive ketones (excluding diaryl/α,β-unsaturated/α-hetero) is 1. The number of phenols is 1. The fraction of sp³-hybridized carbons (Fsp3) is 0.385. The molecule has 0 aliphatic carbocycles. The van der Waals surface area contributed by atoms with Gasteiger partial charge in [0.2, 0.25) is 0 Å². The number of aliphatic hydroxyl groups excluding tert-OH is 1. The Morgan fingerprint density at radius 1 is 1.06 bits per heavy atom. The lowest BCUT2D eigenvalue weighted by Gasteiger charge is -2.27. The van der Waals surface area contributed by atoms with Crippen LogP contribution in [-0.2, 0) is 9.59 Å². The number of rotatable bonds is 8. The van der Waals surface area contributed by atoms with Crippen LogP contribution in [0.4, 0.5) is 0 Å². The van der Waals surface area contributed by atoms with Crippen molar-refractivity contribution >= 4 is 17.4 Å². The zero-order valence-electron chi connectivity index (χ0n) is 19.5. The first kappa shape index (κ1) is 23.6. The number of carbonyl (C=O) groups excluding carboxylic acids is 2. The predicted molar refractivity (Wildman–Crippen MR) is 127 cm³/mol. The Morgan fingerprint density at radius 2 is 1.79 bits per heavy atom. The van der Waals surface area contributed by atoms with E-state index in [1.165, 1.54) is 17.0 Å². The number of amides is 1. The second kappa shape index (κ2) is 10.2. The van der Waals surface area contributed by atoms with Crippen LogP contribution in [-0.4, -0.2) is 71.1 Å². The minimum absolute atomic E-state index is 0.00452. The van der Waals surface area contributed by atoms with Crippen molar-refractivity contribution in [1.82, 2.24) is 9.80 Å². The minimum atomic E-state index is -0.808. The predicted octanol–water partition coefficient (Wildman–Crippen LogP) is 3.32. The molecule has 1 fully saturated rings. The van der Waals surface area contributed by atoms with E-state index in [0.29, 0.717) is 48.8 Å². The molecule has 2 aromatic rings. The Balaban J connectivity index is 1.73. The molecule has 2 aliphatic heterocycles. The van der Waals surface area contributed by atoms with Crippen molar-refractivity contribution in [2.24, 2.45) is 0 Å². The summed E-state index contributed by atoms with van der Waals surface area (Å²) in [6.45, 7) is 7.91. The Kier molecular flexibility index (Phi) is 7.07. The van der Waals surface area contributed by atoms with Crippen LogP contribution in [0.2, 0.25) is 0 Å². The summed E-state index contributed by atoms with van der Waals surface area (Å²) in [5.74, 6) is -0.641. The van der Waals surface area contributed by atoms with E-state index in [9.17, 15) is 19.8 Å². The van der Waals surface area contributed by atoms with E-state index >= 15 is 0 Å². The Labute approximate surface area is 199 Å². The molecule has 2 N–H and O–H groups in total. The van der Waals surface area contributed by atoms with Gasteiger partial charge in [0.1, 0.15) is 24.7 Å². The molecule has 2 aromatic carbocycles. The van der Waals surface area contributed by atoms with E-state index in [1.807, 2.05) is 0 Å². The quantitative estimate of drug-likeness (QED) is 0.350. The molecule has 0 aromatic heterocycles. The average Bonchev–Trinajstić information content (AvgIpc) is 3.11. The molecule has 0 unspecified atom stereocenters. The first-order chi connectivity index (χ1) is 16.4. The topological polar surface area (TPSA) is 99.5 Å². The summed E-state index contributed by atoms with van der Waals surface area (Å²) >= 11 is 0. The van der Waals surface area contributed by atoms with Crippen LogP contribution in [0.1, 0.15) is 37.4 Å². The number of likely N-dealkylation sites (tertiary alicyclic amines) is 1. The molecule has 8 heteroatoms. The lowest BCUT2D eigenvalue weighted by atomic mass is 9.95. The largest absolute Gasteiger partial charge is 0.508 e. The molecular formula is C26H30N2O6. The van der Waals surface area contributed by atoms with E-state index in [1.54, 1.807) is 30.3 Å². The molecule has 0 saturated carbocycles. The van der Waals surface area contributed by atoms with Gasteiger partial charge >= 0.3 is 0 Å². The summed E-state index contributed by atoms with van der Waals surface area (Å²) in [5, 5.41) is 21.3. The normalized spacial score (nSPS) is 19.1. The third-order valence-corrected chi connectivity index (χ3v) is 6.31. The Morgan fingerprint density at radius 3 is 2.50 bits per heavy atom. The van der Waals surface area contributed by atoms with Gasteiger partial charge in [-0.05, 0) is 62.0 Å². The summed E-state index contributed by atoms with van der Waals surface area (Å²) in [7, 11) is 0. The van der Waals surface area contributed by atoms with Crippen molar-refractivity contribution in [3.8, 4) is 17.2 Å². The number of aromatic hydroxyl groups is 1. The van der Waals surface area contributed by atoms with Crippen LogP contribution in [0.5, 0.6) is 17.2 Å². The van der Waals surface area contributed by atoms with Crippen LogP contribution >= 0.6 is 0 Å². The molecule has 180 valence electrons. The van der Waals surface area contributed by atoms with Gasteiger partial charge in [0, 0.05) is 12.1 Å². The first-order valence-corrected chi connectivity index (χ1v) is 11.6. The number of phenolic OH excluding ortho intramolecular Hbond substituents is 1. The monoisotopic (exact) mass is 466 g/mol. The van der Waals surface area contributed by atoms with Crippen LogP contribution in [0.25, 0.3) is 5.76 Å². The standard InChI is InChI=1S/C26H30N2O6/c1-3-27(4-2)11-6-12-28-23(17-7-5-8-19(29)15-17)22(25(31)26(28)32)24(30)18-9-10-20-21(16-18)34-14-13-33-20/h5,7-10,15-16,23,29-30H,3-4,6,11-14H2,1-2H3/b24-22+/t23-/m1/s1. The molecule has 8 nitrogen and oxygen atoms in total. The van der Waals surface area contributed by atoms with Gasteiger partial charge in [0.05, 0.1) is 11.6 Å². The number of hydrogen-bond acceptors (Lipinski definition) is 7. The number of benzene rings is 2. The van der Waals surface area contributed by atoms with E-state index < -0.39 is 17.7 Å². The van der Waals surface area contributed by atoms with Crippen molar-refractivity contribution in [1.29, 1.82) is 0 Å². The third-order valence-electron chi connectivity index (χ3n) is 6.31. The smallest absolute Gasteiger partial charge is 0.295 e. The maximum Gasteiger partial charge on any atom is 0.295 e. The van der Waals surface area contributed by atoms with Crippen molar-refractivity contribution < 1.29 is 29.3 Å². The molecule has 1 saturated heterocycles. The highest BCUT2D eigenvalue weighted by Gasteiger charge is 2.46. The summed E-state index contributed by atoms with van der Waals surface area (Å²) in [4.78, 5) is 30.0. The molecular weight excluding hydrogens is 436 g/mol. The van der Waals surface area contributed by atoms with Gasteiger partial charge in [0.25, 0.3) is 11.7 Å². The summed E-state index contributed by atoms with van der Waals surface area (Å²) in [6, 6.07) is 10.6. The van der Waals surface area contributed by atoms with Crippen LogP contribution in [0, 0.1) is 0 Å². The lowest BCUT2D eigenvalue weighted by molar-refractivity contribution is -0.140. The van der Waals surface area contributed by atoms with E-state index in [2.05, 4.69) is 18.7 Å². The average molecular weight is 467 g/mol. The van der Waals surface area contributed by atoms with Crippen molar-refractivity contribution in [2.45, 2.75) is 26.3 Å². The van der Waals surface area contributed by atoms with Crippen LogP contribution in [0.15, 0.2) is 48.0 Å². The summed E-state index contributed by atoms with van der Waals surface area (Å²) in [6.07, 6.45) is 0.675. The maximum atomic E-state index is 13.2. The molecule has 0 spiro atoms. The second-order valence-corrected chi connectivity index (χ2v) is 8.33. The van der Waals surface area contributed by atoms with Gasteiger partial charge < -0.3 is 29.5 Å². The Hall–Kier alpha value is -3.52. The number of aliphatic hydroxyl groups is 1. The highest BCUT2D eigenvalue weighted by molar-refractivity contribution is 6.46. The van der Waals surface area contributed by atoms with E-state index in [-0.39, 0.29) is 17.1 Å². The second-order valence-electron chi connectivity index (χ2n) is 8.33. The van der Waals surface area contributed by atoms with Crippen LogP contribution in [0.3, 0.4) is 0 Å². The van der Waals surface area contributed by atoms with E-state index in [4.69, 9.17) is 9.47 Å². The number of carbonyl (C=O) groups is 2. The number of hydrogen-bond donors (Lipinski definition) is 2. The van der Waals surface area contributed by atoms with Crippen LogP contribution < -0.4 is 9.47 Å². The van der Waals surface area contributed by atoms with Crippen molar-refractivity contribution in [3.63, 3.8) is 0 Å². The van der Waals surface area contributed by atoms with Gasteiger partial charge in [-0.2, -0.15) is 0 Å². The SMILES string of the molecule is CCN(CC)CCCN1C(=O)C(=O)/C(=C(/O)c2ccc3c(c2)OCCO3)[C@H]1c1cccc(O)c1. The lowest BCUT2D eigenvalue weighted by Crippen LogP contribution is -2.33. The molecule has 34 heavy (non-hydrogen) atoms. The number of fused-ring (bicyclic) bond motifs is 1. The first-order valence-electron chi connectivity index (χ1n) is 11.6. The van der Waals surface area contributed by atoms with Gasteiger partial charge in [-0.15, -0.1) is 0 Å². The molecule has 1 amide bonds. The summed E-state index contributed by atoms with van der Waals surface area (Å²) in [5.41, 5.74) is 0.909. The zero-order chi connectivity index (χ0) is 24.2. The minimum Gasteiger partial charge on any atom is -0.508 e. The Bertz CT molecular complexity index is 1110. The fourth-order valence-corrected chi connectivity index (χ4v) is 4.50. The number of ketones is 1. The number of nitrogens with zero attached hydrogens (tertiary/aromatic N) is 2. The van der Waals surface area contributed by atoms with Gasteiger partial charge in [-0.3, -0.25) is 9.59 Å². The fourth-order valence-electron chi connectivity index (χ4n) is 4.50. The molecule has 4 rings (SSSR count). The van der Waals surface area contributed by atoms with E-state index in [0.717, 1.165) is 19.6 Å². The maximum absolute atomic E-state index is 13.2. The van der Waals surface area contributed by atoms with Gasteiger partial charge in [-0.25, -0.2) is 0 Å². The number of ether oxygens (including phenoxy) is 2. The molecule has 1 atom stereocenters. The zero-order valence-corrected chi connectivity index (χ0v) is 19.5. The van der Waals surface area contributed by atoms with Gasteiger partial charge in [0.15, 0.2) is 11.5 Å². The molecule has 0 bridgehead atoms. The highest BCUT2D eigenvalue weighted by atomic mass is 16.6. The van der Waals surface area contributed by atoms with Crippen molar-refractivity contribution in [3.05, 3.63) is 59.2 Å². The van der Waals surface area contributed by atoms with Gasteiger partial charge in [-0.1, -0.05) is 26.0 Å². The van der Waals surface area contributed by atoms with Crippen molar-refractivity contribution in [2.75, 3.05) is 39.4 Å². The molecule has 0 radical (unpaired) electrons. The highest BCUT2D eigenvalue weighted by Crippen LogP contribution is 2.41. The third kappa shape index (κ3) is 4.59. The molecule has 2 heterocycles. The molecule has 2 aliphatic rings. The summed E-state index contributed by atoms with van der Waals surface area (Å²) < 4.78 is 11.2.